The van der Waals surface area contributed by atoms with Crippen molar-refractivity contribution in [2.45, 2.75) is 187 Å². The fourth-order valence-corrected chi connectivity index (χ4v) is 4.77. The van der Waals surface area contributed by atoms with Crippen molar-refractivity contribution in [2.24, 2.45) is 0 Å². The van der Waals surface area contributed by atoms with Crippen LogP contribution in [0.5, 0.6) is 0 Å². The van der Waals surface area contributed by atoms with E-state index in [-0.39, 0.29) is 36.2 Å². The zero-order valence-electron chi connectivity index (χ0n) is 22.9. The molecule has 0 aromatic carbocycles. The summed E-state index contributed by atoms with van der Waals surface area (Å²) in [7, 11) is 0. The fraction of sp³-hybridized carbons (Fsp3) is 1.00. The molecule has 0 unspecified atom stereocenters. The molecule has 0 aliphatic heterocycles. The third-order valence-electron chi connectivity index (χ3n) is 7.00. The molecule has 0 amide bonds. The minimum absolute atomic E-state index is 0. The Morgan fingerprint density at radius 1 is 0.281 bits per heavy atom. The van der Waals surface area contributed by atoms with Crippen LogP contribution in [0.25, 0.3) is 0 Å². The Kier molecular flexibility index (Phi) is 37.5. The quantitative estimate of drug-likeness (QED) is 0.0887. The number of hydrogen-bond donors (Lipinski definition) is 0. The molecule has 0 rings (SSSR count). The third kappa shape index (κ3) is 33.1. The van der Waals surface area contributed by atoms with Crippen LogP contribution in [0.4, 0.5) is 0 Å². The van der Waals surface area contributed by atoms with E-state index in [0.29, 0.717) is 0 Å². The van der Waals surface area contributed by atoms with E-state index in [1.165, 1.54) is 167 Å². The summed E-state index contributed by atoms with van der Waals surface area (Å²) in [4.78, 5) is 0. The minimum atomic E-state index is 0. The van der Waals surface area contributed by atoms with Crippen LogP contribution in [0.2, 0.25) is 0 Å². The molecule has 2 heteroatoms. The van der Waals surface area contributed by atoms with Crippen molar-refractivity contribution in [1.82, 2.24) is 0 Å². The normalized spacial score (nSPS) is 11.1. The van der Waals surface area contributed by atoms with Gasteiger partial charge in [-0.15, -0.1) is 6.61 Å². The van der Waals surface area contributed by atoms with E-state index >= 15 is 0 Å². The van der Waals surface area contributed by atoms with E-state index < -0.39 is 0 Å². The van der Waals surface area contributed by atoms with E-state index in [9.17, 15) is 5.11 Å². The third-order valence-corrected chi connectivity index (χ3v) is 7.00. The van der Waals surface area contributed by atoms with Crippen LogP contribution >= 0.6 is 0 Å². The average molecular weight is 461 g/mol. The summed E-state index contributed by atoms with van der Waals surface area (Å²) in [6, 6.07) is 0. The summed E-state index contributed by atoms with van der Waals surface area (Å²) in [5, 5.41) is 10.4. The minimum Gasteiger partial charge on any atom is -0.854 e. The van der Waals surface area contributed by atoms with Crippen LogP contribution in [0, 0.1) is 0 Å². The van der Waals surface area contributed by atoms with Gasteiger partial charge < -0.3 is 5.11 Å². The largest absolute Gasteiger partial charge is 1.00 e. The van der Waals surface area contributed by atoms with Crippen molar-refractivity contribution in [2.75, 3.05) is 6.61 Å². The maximum absolute atomic E-state index is 10.4. The zero-order valence-corrected chi connectivity index (χ0v) is 24.9. The summed E-state index contributed by atoms with van der Waals surface area (Å²) in [6.45, 7) is 2.43. The maximum Gasteiger partial charge on any atom is 1.00 e. The van der Waals surface area contributed by atoms with Gasteiger partial charge in [0, 0.05) is 0 Å². The van der Waals surface area contributed by atoms with Gasteiger partial charge in [-0.1, -0.05) is 187 Å². The first-order chi connectivity index (χ1) is 15.4. The van der Waals surface area contributed by atoms with Gasteiger partial charge in [0.05, 0.1) is 0 Å². The van der Waals surface area contributed by atoms with Crippen LogP contribution in [0.15, 0.2) is 0 Å². The van der Waals surface area contributed by atoms with Crippen molar-refractivity contribution in [1.29, 1.82) is 0 Å². The molecule has 1 nitrogen and oxygen atoms in total. The molecular weight excluding hydrogens is 399 g/mol. The van der Waals surface area contributed by atoms with Gasteiger partial charge in [0.15, 0.2) is 0 Å². The SMILES string of the molecule is CCCCCCCCCCCCCCCCCCCCCCCCCCCCCC[O-].[Na+]. The number of hydrogen-bond acceptors (Lipinski definition) is 1. The average Bonchev–Trinajstić information content (AvgIpc) is 2.78. The summed E-state index contributed by atoms with van der Waals surface area (Å²) >= 11 is 0. The summed E-state index contributed by atoms with van der Waals surface area (Å²) < 4.78 is 0. The predicted octanol–water partition coefficient (Wildman–Crippen LogP) is 7.29. The Hall–Kier alpha value is 0.960. The molecule has 0 saturated heterocycles. The second kappa shape index (κ2) is 34.1. The molecule has 0 heterocycles. The molecule has 0 radical (unpaired) electrons. The fourth-order valence-electron chi connectivity index (χ4n) is 4.77. The molecule has 0 aromatic heterocycles. The van der Waals surface area contributed by atoms with E-state index in [0.717, 1.165) is 12.8 Å². The van der Waals surface area contributed by atoms with Gasteiger partial charge in [0.1, 0.15) is 0 Å². The van der Waals surface area contributed by atoms with Crippen molar-refractivity contribution in [3.05, 3.63) is 0 Å². The Morgan fingerprint density at radius 2 is 0.438 bits per heavy atom. The first-order valence-corrected chi connectivity index (χ1v) is 15.0. The second-order valence-corrected chi connectivity index (χ2v) is 10.3. The molecule has 0 atom stereocenters. The molecule has 0 aliphatic rings. The standard InChI is InChI=1S/C30H61O.Na/c1-2-3-4-5-6-7-8-9-10-11-12-13-14-15-16-17-18-19-20-21-22-23-24-25-26-27-28-29-30-31;/h2-30H2,1H3;/q-1;+1. The molecule has 0 saturated carbocycles. The van der Waals surface area contributed by atoms with Crippen LogP contribution in [-0.4, -0.2) is 6.61 Å². The Balaban J connectivity index is 0. The first-order valence-electron chi connectivity index (χ1n) is 15.0. The Morgan fingerprint density at radius 3 is 0.594 bits per heavy atom. The number of rotatable bonds is 28. The zero-order chi connectivity index (χ0) is 22.5. The smallest absolute Gasteiger partial charge is 0.854 e. The van der Waals surface area contributed by atoms with Gasteiger partial charge in [-0.25, -0.2) is 0 Å². The van der Waals surface area contributed by atoms with Crippen molar-refractivity contribution in [3.8, 4) is 0 Å². The molecule has 0 bridgehead atoms. The van der Waals surface area contributed by atoms with E-state index in [1.54, 1.807) is 0 Å². The van der Waals surface area contributed by atoms with Gasteiger partial charge in [-0.2, -0.15) is 0 Å². The molecule has 0 spiro atoms. The molecule has 0 aromatic rings. The monoisotopic (exact) mass is 460 g/mol. The second-order valence-electron chi connectivity index (χ2n) is 10.3. The van der Waals surface area contributed by atoms with E-state index in [4.69, 9.17) is 0 Å². The summed E-state index contributed by atoms with van der Waals surface area (Å²) in [6.07, 6.45) is 39.7. The molecule has 0 fully saturated rings. The number of unbranched alkanes of at least 4 members (excludes halogenated alkanes) is 27. The van der Waals surface area contributed by atoms with Crippen molar-refractivity contribution < 1.29 is 34.7 Å². The molecule has 0 N–H and O–H groups in total. The Bertz CT molecular complexity index is 267. The van der Waals surface area contributed by atoms with Crippen LogP contribution in [0.1, 0.15) is 187 Å². The van der Waals surface area contributed by atoms with Gasteiger partial charge >= 0.3 is 29.6 Å². The molecule has 0 aliphatic carbocycles. The van der Waals surface area contributed by atoms with Gasteiger partial charge in [0.25, 0.3) is 0 Å². The molecule has 32 heavy (non-hydrogen) atoms. The summed E-state index contributed by atoms with van der Waals surface area (Å²) in [5.41, 5.74) is 0. The topological polar surface area (TPSA) is 23.1 Å². The van der Waals surface area contributed by atoms with Crippen LogP contribution in [0.3, 0.4) is 0 Å². The first kappa shape index (κ1) is 35.1. The van der Waals surface area contributed by atoms with Crippen molar-refractivity contribution >= 4 is 0 Å². The van der Waals surface area contributed by atoms with Crippen molar-refractivity contribution in [3.63, 3.8) is 0 Å². The predicted molar refractivity (Wildman–Crippen MR) is 140 cm³/mol. The van der Waals surface area contributed by atoms with Crippen LogP contribution in [-0.2, 0) is 0 Å². The summed E-state index contributed by atoms with van der Waals surface area (Å²) in [5.74, 6) is 0. The molecule has 188 valence electrons. The Labute approximate surface area is 227 Å². The molecular formula is C30H61NaO. The van der Waals surface area contributed by atoms with Gasteiger partial charge in [0.2, 0.25) is 0 Å². The van der Waals surface area contributed by atoms with Gasteiger partial charge in [-0.05, 0) is 0 Å². The van der Waals surface area contributed by atoms with Gasteiger partial charge in [-0.3, -0.25) is 0 Å². The van der Waals surface area contributed by atoms with Crippen LogP contribution < -0.4 is 34.7 Å². The van der Waals surface area contributed by atoms with E-state index in [2.05, 4.69) is 6.92 Å². The van der Waals surface area contributed by atoms with E-state index in [1.807, 2.05) is 0 Å². The maximum atomic E-state index is 10.4.